The zero-order chi connectivity index (χ0) is 18.5. The summed E-state index contributed by atoms with van der Waals surface area (Å²) in [6.07, 6.45) is 3.80. The van der Waals surface area contributed by atoms with Crippen LogP contribution in [0.5, 0.6) is 0 Å². The minimum Gasteiger partial charge on any atom is -0.375 e. The third-order valence-electron chi connectivity index (χ3n) is 4.60. The minimum atomic E-state index is -0.216. The summed E-state index contributed by atoms with van der Waals surface area (Å²) in [7, 11) is 1.57. The van der Waals surface area contributed by atoms with Gasteiger partial charge in [-0.1, -0.05) is 30.1 Å². The molecule has 1 atom stereocenters. The molecule has 3 rings (SSSR count). The molecule has 0 aliphatic carbocycles. The van der Waals surface area contributed by atoms with Crippen LogP contribution in [0.25, 0.3) is 0 Å². The van der Waals surface area contributed by atoms with Gasteiger partial charge in [0.1, 0.15) is 6.61 Å². The first-order chi connectivity index (χ1) is 12.6. The van der Waals surface area contributed by atoms with Crippen LogP contribution in [0.15, 0.2) is 28.8 Å². The van der Waals surface area contributed by atoms with E-state index in [0.717, 1.165) is 25.7 Å². The van der Waals surface area contributed by atoms with Crippen LogP contribution >= 0.6 is 0 Å². The second-order valence-electron chi connectivity index (χ2n) is 6.48. The fourth-order valence-electron chi connectivity index (χ4n) is 3.22. The van der Waals surface area contributed by atoms with Crippen LogP contribution < -0.4 is 0 Å². The number of ketones is 1. The summed E-state index contributed by atoms with van der Waals surface area (Å²) in [5, 5.41) is 4.06. The Labute approximate surface area is 152 Å². The highest BCUT2D eigenvalue weighted by atomic mass is 16.5. The van der Waals surface area contributed by atoms with Crippen molar-refractivity contribution < 1.29 is 18.8 Å². The molecule has 7 nitrogen and oxygen atoms in total. The van der Waals surface area contributed by atoms with E-state index < -0.39 is 0 Å². The molecule has 1 aromatic heterocycles. The molecule has 0 spiro atoms. The average molecular weight is 357 g/mol. The van der Waals surface area contributed by atoms with Crippen LogP contribution in [0, 0.1) is 0 Å². The lowest BCUT2D eigenvalue weighted by atomic mass is 10.1. The van der Waals surface area contributed by atoms with Crippen LogP contribution in [-0.2, 0) is 11.3 Å². The molecule has 1 saturated heterocycles. The normalized spacial score (nSPS) is 17.8. The number of benzene rings is 1. The van der Waals surface area contributed by atoms with E-state index in [9.17, 15) is 9.59 Å². The Morgan fingerprint density at radius 2 is 1.92 bits per heavy atom. The summed E-state index contributed by atoms with van der Waals surface area (Å²) in [6.45, 7) is 2.40. The number of ether oxygens (including phenoxy) is 1. The maximum atomic E-state index is 13.1. The smallest absolute Gasteiger partial charge is 0.254 e. The van der Waals surface area contributed by atoms with Crippen LogP contribution in [0.2, 0.25) is 0 Å². The molecule has 2 aromatic rings. The second-order valence-corrected chi connectivity index (χ2v) is 6.48. The average Bonchev–Trinajstić information content (AvgIpc) is 2.97. The van der Waals surface area contributed by atoms with E-state index in [-0.39, 0.29) is 24.3 Å². The maximum Gasteiger partial charge on any atom is 0.254 e. The van der Waals surface area contributed by atoms with Crippen molar-refractivity contribution in [1.29, 1.82) is 0 Å². The molecule has 1 aliphatic heterocycles. The predicted octanol–water partition coefficient (Wildman–Crippen LogP) is 3.18. The Bertz CT molecular complexity index is 769. The highest BCUT2D eigenvalue weighted by Crippen LogP contribution is 2.30. The van der Waals surface area contributed by atoms with Gasteiger partial charge in [0.25, 0.3) is 11.8 Å². The minimum absolute atomic E-state index is 0.0193. The van der Waals surface area contributed by atoms with Crippen LogP contribution in [0.4, 0.5) is 0 Å². The van der Waals surface area contributed by atoms with Crippen molar-refractivity contribution >= 4 is 11.7 Å². The van der Waals surface area contributed by atoms with Gasteiger partial charge < -0.3 is 14.2 Å². The SMILES string of the molecule is COCc1nc([C@@H]2CCCCCN2C(=O)c2ccc(C(C)=O)cc2)no1. The van der Waals surface area contributed by atoms with Gasteiger partial charge in [0.05, 0.1) is 6.04 Å². The van der Waals surface area contributed by atoms with Gasteiger partial charge in [-0.15, -0.1) is 0 Å². The fraction of sp³-hybridized carbons (Fsp3) is 0.474. The van der Waals surface area contributed by atoms with E-state index in [1.165, 1.54) is 6.92 Å². The molecule has 1 aliphatic rings. The topological polar surface area (TPSA) is 85.5 Å². The molecular weight excluding hydrogens is 334 g/mol. The van der Waals surface area contributed by atoms with Crippen molar-refractivity contribution in [1.82, 2.24) is 15.0 Å². The van der Waals surface area contributed by atoms with Gasteiger partial charge >= 0.3 is 0 Å². The zero-order valence-electron chi connectivity index (χ0n) is 15.1. The van der Waals surface area contributed by atoms with E-state index in [2.05, 4.69) is 10.1 Å². The number of aromatic nitrogens is 2. The summed E-state index contributed by atoms with van der Waals surface area (Å²) in [5.74, 6) is 0.830. The molecule has 1 amide bonds. The van der Waals surface area contributed by atoms with Crippen molar-refractivity contribution in [2.75, 3.05) is 13.7 Å². The van der Waals surface area contributed by atoms with E-state index in [1.54, 1.807) is 31.4 Å². The molecule has 26 heavy (non-hydrogen) atoms. The number of carbonyl (C=O) groups is 2. The molecule has 0 radical (unpaired) electrons. The first-order valence-corrected chi connectivity index (χ1v) is 8.83. The number of likely N-dealkylation sites (tertiary alicyclic amines) is 1. The summed E-state index contributed by atoms with van der Waals surface area (Å²) in [5.41, 5.74) is 1.15. The predicted molar refractivity (Wildman–Crippen MR) is 93.7 cm³/mol. The Hall–Kier alpha value is -2.54. The molecule has 0 saturated carbocycles. The van der Waals surface area contributed by atoms with Gasteiger partial charge in [-0.05, 0) is 31.9 Å². The maximum absolute atomic E-state index is 13.1. The molecule has 0 unspecified atom stereocenters. The molecular formula is C19H23N3O4. The zero-order valence-corrected chi connectivity index (χ0v) is 15.1. The van der Waals surface area contributed by atoms with E-state index in [1.807, 2.05) is 4.90 Å². The molecule has 2 heterocycles. The summed E-state index contributed by atoms with van der Waals surface area (Å²) in [4.78, 5) is 30.7. The lowest BCUT2D eigenvalue weighted by Gasteiger charge is -2.28. The quantitative estimate of drug-likeness (QED) is 0.764. The number of methoxy groups -OCH3 is 1. The summed E-state index contributed by atoms with van der Waals surface area (Å²) < 4.78 is 10.2. The van der Waals surface area contributed by atoms with Crippen molar-refractivity contribution in [2.24, 2.45) is 0 Å². The molecule has 7 heteroatoms. The fourth-order valence-corrected chi connectivity index (χ4v) is 3.22. The molecule has 1 aromatic carbocycles. The Morgan fingerprint density at radius 1 is 1.19 bits per heavy atom. The Kier molecular flexibility index (Phi) is 5.78. The summed E-state index contributed by atoms with van der Waals surface area (Å²) in [6, 6.07) is 6.56. The highest BCUT2D eigenvalue weighted by Gasteiger charge is 2.31. The third kappa shape index (κ3) is 3.99. The van der Waals surface area contributed by atoms with Crippen LogP contribution in [0.3, 0.4) is 0 Å². The Morgan fingerprint density at radius 3 is 2.62 bits per heavy atom. The van der Waals surface area contributed by atoms with E-state index >= 15 is 0 Å². The van der Waals surface area contributed by atoms with Gasteiger partial charge in [0, 0.05) is 24.8 Å². The highest BCUT2D eigenvalue weighted by molar-refractivity contribution is 5.97. The Balaban J connectivity index is 1.85. The lowest BCUT2D eigenvalue weighted by Crippen LogP contribution is -2.35. The van der Waals surface area contributed by atoms with Gasteiger partial charge in [-0.2, -0.15) is 4.98 Å². The first kappa shape index (κ1) is 18.3. The van der Waals surface area contributed by atoms with Crippen LogP contribution in [0.1, 0.15) is 71.1 Å². The molecule has 1 fully saturated rings. The first-order valence-electron chi connectivity index (χ1n) is 8.83. The number of rotatable bonds is 5. The number of nitrogens with zero attached hydrogens (tertiary/aromatic N) is 3. The standard InChI is InChI=1S/C19H23N3O4/c1-13(23)14-7-9-15(10-8-14)19(24)22-11-5-3-4-6-16(22)18-20-17(12-25-2)26-21-18/h7-10,16H,3-6,11-12H2,1-2H3/t16-/m0/s1. The number of Topliss-reactive ketones (excluding diaryl/α,β-unsaturated/α-hetero) is 1. The van der Waals surface area contributed by atoms with Crippen molar-refractivity contribution in [2.45, 2.75) is 45.3 Å². The van der Waals surface area contributed by atoms with Gasteiger partial charge in [0.15, 0.2) is 11.6 Å². The largest absolute Gasteiger partial charge is 0.375 e. The number of hydrogen-bond donors (Lipinski definition) is 0. The monoisotopic (exact) mass is 357 g/mol. The molecule has 0 bridgehead atoms. The second kappa shape index (κ2) is 8.23. The molecule has 0 N–H and O–H groups in total. The van der Waals surface area contributed by atoms with E-state index in [0.29, 0.717) is 29.4 Å². The van der Waals surface area contributed by atoms with Crippen molar-refractivity contribution in [3.05, 3.63) is 47.1 Å². The van der Waals surface area contributed by atoms with Gasteiger partial charge in [0.2, 0.25) is 0 Å². The van der Waals surface area contributed by atoms with Gasteiger partial charge in [-0.3, -0.25) is 9.59 Å². The van der Waals surface area contributed by atoms with Crippen LogP contribution in [-0.4, -0.2) is 40.4 Å². The van der Waals surface area contributed by atoms with Crippen molar-refractivity contribution in [3.63, 3.8) is 0 Å². The number of amides is 1. The van der Waals surface area contributed by atoms with Gasteiger partial charge in [-0.25, -0.2) is 0 Å². The van der Waals surface area contributed by atoms with E-state index in [4.69, 9.17) is 9.26 Å². The summed E-state index contributed by atoms with van der Waals surface area (Å²) >= 11 is 0. The van der Waals surface area contributed by atoms with Crippen molar-refractivity contribution in [3.8, 4) is 0 Å². The lowest BCUT2D eigenvalue weighted by molar-refractivity contribution is 0.0670. The number of hydrogen-bond acceptors (Lipinski definition) is 6. The third-order valence-corrected chi connectivity index (χ3v) is 4.60. The number of carbonyl (C=O) groups excluding carboxylic acids is 2. The molecule has 138 valence electrons.